The Morgan fingerprint density at radius 2 is 1.94 bits per heavy atom. The first kappa shape index (κ1) is 24.1. The number of fused-ring (bicyclic) bond motifs is 1. The maximum atomic E-state index is 12.4. The van der Waals surface area contributed by atoms with Gasteiger partial charge in [-0.15, -0.1) is 0 Å². The molecular weight excluding hydrogens is 495 g/mol. The molecule has 178 valence electrons. The molecule has 0 atom stereocenters. The first-order chi connectivity index (χ1) is 16.8. The second-order valence-electron chi connectivity index (χ2n) is 7.32. The number of halogens is 2. The zero-order valence-corrected chi connectivity index (χ0v) is 19.8. The van der Waals surface area contributed by atoms with Gasteiger partial charge in [0.15, 0.2) is 17.3 Å². The number of carbonyl (C=O) groups is 2. The lowest BCUT2D eigenvalue weighted by molar-refractivity contribution is 0.0696. The Morgan fingerprint density at radius 3 is 2.71 bits per heavy atom. The van der Waals surface area contributed by atoms with Gasteiger partial charge >= 0.3 is 11.9 Å². The van der Waals surface area contributed by atoms with Gasteiger partial charge in [0.25, 0.3) is 0 Å². The van der Waals surface area contributed by atoms with Crippen LogP contribution in [-0.2, 0) is 6.61 Å². The van der Waals surface area contributed by atoms with Crippen LogP contribution in [-0.4, -0.2) is 30.3 Å². The summed E-state index contributed by atoms with van der Waals surface area (Å²) in [4.78, 5) is 23.5. The Hall–Kier alpha value is -4.01. The van der Waals surface area contributed by atoms with E-state index in [0.717, 1.165) is 0 Å². The fourth-order valence-electron chi connectivity index (χ4n) is 3.25. The zero-order chi connectivity index (χ0) is 24.9. The van der Waals surface area contributed by atoms with Crippen LogP contribution in [0.25, 0.3) is 11.0 Å². The van der Waals surface area contributed by atoms with E-state index < -0.39 is 11.9 Å². The van der Waals surface area contributed by atoms with E-state index >= 15 is 0 Å². The largest absolute Gasteiger partial charge is 0.493 e. The molecule has 1 heterocycles. The minimum absolute atomic E-state index is 0.0867. The lowest BCUT2D eigenvalue weighted by atomic mass is 10.1. The number of amides is 1. The normalized spacial score (nSPS) is 11.1. The Kier molecular flexibility index (Phi) is 7.24. The number of nitrogens with zero attached hydrogens (tertiary/aromatic N) is 1. The summed E-state index contributed by atoms with van der Waals surface area (Å²) < 4.78 is 16.7. The number of nitrogens with one attached hydrogen (secondary N) is 1. The standard InChI is InChI=1S/C25H18Cl2N2O6/c1-33-21-9-15(8-19(27)23(21)34-13-14-3-2-4-16(7-14)25(31)32)12-28-29-24(30)22-11-17-10-18(26)5-6-20(17)35-22/h2-12H,13H2,1H3,(H,29,30)(H,31,32)/b28-12+. The fraction of sp³-hybridized carbons (Fsp3) is 0.0800. The number of carboxylic acids is 1. The third-order valence-electron chi connectivity index (χ3n) is 4.89. The van der Waals surface area contributed by atoms with Gasteiger partial charge in [-0.05, 0) is 59.7 Å². The highest BCUT2D eigenvalue weighted by Crippen LogP contribution is 2.36. The van der Waals surface area contributed by atoms with Crippen LogP contribution in [0.15, 0.2) is 70.2 Å². The number of hydrazone groups is 1. The SMILES string of the molecule is COc1cc(/C=N/NC(=O)c2cc3cc(Cl)ccc3o2)cc(Cl)c1OCc1cccc(C(=O)O)c1. The van der Waals surface area contributed by atoms with Crippen LogP contribution in [0.2, 0.25) is 10.0 Å². The predicted octanol–water partition coefficient (Wildman–Crippen LogP) is 5.79. The first-order valence-corrected chi connectivity index (χ1v) is 10.9. The number of carboxylic acid groups (broad SMARTS) is 1. The van der Waals surface area contributed by atoms with Crippen molar-refractivity contribution in [1.82, 2.24) is 5.43 Å². The molecule has 1 amide bonds. The van der Waals surface area contributed by atoms with Gasteiger partial charge < -0.3 is 19.0 Å². The number of ether oxygens (including phenoxy) is 2. The summed E-state index contributed by atoms with van der Waals surface area (Å²) >= 11 is 12.3. The summed E-state index contributed by atoms with van der Waals surface area (Å²) in [7, 11) is 1.46. The molecule has 0 bridgehead atoms. The van der Waals surface area contributed by atoms with Crippen molar-refractivity contribution in [3.63, 3.8) is 0 Å². The number of benzene rings is 3. The van der Waals surface area contributed by atoms with Crippen LogP contribution in [0.5, 0.6) is 11.5 Å². The molecule has 0 unspecified atom stereocenters. The molecule has 4 rings (SSSR count). The summed E-state index contributed by atoms with van der Waals surface area (Å²) in [5, 5.41) is 14.6. The molecule has 0 saturated carbocycles. The van der Waals surface area contributed by atoms with Crippen molar-refractivity contribution in [2.45, 2.75) is 6.61 Å². The van der Waals surface area contributed by atoms with E-state index in [0.29, 0.717) is 32.9 Å². The number of carbonyl (C=O) groups excluding carboxylic acids is 1. The van der Waals surface area contributed by atoms with Crippen molar-refractivity contribution in [3.8, 4) is 11.5 Å². The predicted molar refractivity (Wildman–Crippen MR) is 132 cm³/mol. The van der Waals surface area contributed by atoms with E-state index in [4.69, 9.17) is 42.2 Å². The molecule has 0 fully saturated rings. The monoisotopic (exact) mass is 512 g/mol. The number of methoxy groups -OCH3 is 1. The highest BCUT2D eigenvalue weighted by molar-refractivity contribution is 6.32. The van der Waals surface area contributed by atoms with Crippen molar-refractivity contribution in [2.24, 2.45) is 5.10 Å². The van der Waals surface area contributed by atoms with E-state index in [-0.39, 0.29) is 28.7 Å². The number of hydrogen-bond acceptors (Lipinski definition) is 6. The van der Waals surface area contributed by atoms with E-state index in [1.807, 2.05) is 0 Å². The molecule has 2 N–H and O–H groups in total. The van der Waals surface area contributed by atoms with Crippen LogP contribution in [0, 0.1) is 0 Å². The summed E-state index contributed by atoms with van der Waals surface area (Å²) in [5.41, 5.74) is 4.29. The molecule has 35 heavy (non-hydrogen) atoms. The molecule has 3 aromatic carbocycles. The van der Waals surface area contributed by atoms with E-state index in [1.54, 1.807) is 48.5 Å². The molecule has 0 radical (unpaired) electrons. The number of aromatic carboxylic acids is 1. The van der Waals surface area contributed by atoms with Crippen LogP contribution in [0.4, 0.5) is 0 Å². The molecule has 8 nitrogen and oxygen atoms in total. The average Bonchev–Trinajstić information content (AvgIpc) is 3.26. The van der Waals surface area contributed by atoms with Gasteiger partial charge in [-0.3, -0.25) is 4.79 Å². The molecule has 4 aromatic rings. The van der Waals surface area contributed by atoms with Gasteiger partial charge in [0, 0.05) is 10.4 Å². The van der Waals surface area contributed by atoms with Gasteiger partial charge in [-0.1, -0.05) is 35.3 Å². The fourth-order valence-corrected chi connectivity index (χ4v) is 3.70. The van der Waals surface area contributed by atoms with Gasteiger partial charge in [0.2, 0.25) is 0 Å². The lowest BCUT2D eigenvalue weighted by Crippen LogP contribution is -2.16. The van der Waals surface area contributed by atoms with Gasteiger partial charge in [0.05, 0.1) is 23.9 Å². The molecule has 0 aliphatic heterocycles. The van der Waals surface area contributed by atoms with Crippen molar-refractivity contribution in [1.29, 1.82) is 0 Å². The maximum absolute atomic E-state index is 12.4. The van der Waals surface area contributed by atoms with Crippen LogP contribution >= 0.6 is 23.2 Å². The smallest absolute Gasteiger partial charge is 0.335 e. The number of rotatable bonds is 8. The van der Waals surface area contributed by atoms with Crippen molar-refractivity contribution < 1.29 is 28.6 Å². The summed E-state index contributed by atoms with van der Waals surface area (Å²) in [6.07, 6.45) is 1.39. The molecule has 10 heteroatoms. The molecule has 0 spiro atoms. The second kappa shape index (κ2) is 10.5. The van der Waals surface area contributed by atoms with Crippen LogP contribution < -0.4 is 14.9 Å². The van der Waals surface area contributed by atoms with Crippen LogP contribution in [0.3, 0.4) is 0 Å². The maximum Gasteiger partial charge on any atom is 0.335 e. The average molecular weight is 513 g/mol. The third kappa shape index (κ3) is 5.74. The third-order valence-corrected chi connectivity index (χ3v) is 5.41. The highest BCUT2D eigenvalue weighted by atomic mass is 35.5. The minimum atomic E-state index is -1.03. The minimum Gasteiger partial charge on any atom is -0.493 e. The molecule has 0 saturated heterocycles. The van der Waals surface area contributed by atoms with E-state index in [9.17, 15) is 9.59 Å². The van der Waals surface area contributed by atoms with E-state index in [2.05, 4.69) is 10.5 Å². The van der Waals surface area contributed by atoms with Crippen molar-refractivity contribution >= 4 is 52.3 Å². The lowest BCUT2D eigenvalue weighted by Gasteiger charge is -2.13. The van der Waals surface area contributed by atoms with Gasteiger partial charge in [-0.2, -0.15) is 5.10 Å². The first-order valence-electron chi connectivity index (χ1n) is 10.2. The van der Waals surface area contributed by atoms with Gasteiger partial charge in [0.1, 0.15) is 12.2 Å². The molecule has 1 aromatic heterocycles. The zero-order valence-electron chi connectivity index (χ0n) is 18.2. The number of hydrogen-bond donors (Lipinski definition) is 2. The van der Waals surface area contributed by atoms with Crippen molar-refractivity contribution in [2.75, 3.05) is 7.11 Å². The summed E-state index contributed by atoms with van der Waals surface area (Å²) in [5.74, 6) is -0.838. The Balaban J connectivity index is 1.44. The second-order valence-corrected chi connectivity index (χ2v) is 8.16. The molecular formula is C25H18Cl2N2O6. The van der Waals surface area contributed by atoms with Crippen LogP contribution in [0.1, 0.15) is 32.0 Å². The highest BCUT2D eigenvalue weighted by Gasteiger charge is 2.14. The molecule has 0 aliphatic carbocycles. The Labute approximate surface area is 209 Å². The quantitative estimate of drug-likeness (QED) is 0.228. The summed E-state index contributed by atoms with van der Waals surface area (Å²) in [6, 6.07) is 16.2. The van der Waals surface area contributed by atoms with E-state index in [1.165, 1.54) is 25.5 Å². The summed E-state index contributed by atoms with van der Waals surface area (Å²) in [6.45, 7) is 0.0867. The number of furan rings is 1. The Morgan fingerprint density at radius 1 is 1.11 bits per heavy atom. The van der Waals surface area contributed by atoms with Crippen molar-refractivity contribution in [3.05, 3.63) is 93.2 Å². The Bertz CT molecular complexity index is 1450. The van der Waals surface area contributed by atoms with Gasteiger partial charge in [-0.25, -0.2) is 10.2 Å². The molecule has 0 aliphatic rings. The topological polar surface area (TPSA) is 110 Å².